The van der Waals surface area contributed by atoms with Gasteiger partial charge in [-0.1, -0.05) is 48.6 Å². The molecule has 1 unspecified atom stereocenters. The number of pyridine rings is 1. The van der Waals surface area contributed by atoms with Gasteiger partial charge in [-0.2, -0.15) is 0 Å². The van der Waals surface area contributed by atoms with E-state index in [2.05, 4.69) is 11.9 Å². The van der Waals surface area contributed by atoms with Crippen molar-refractivity contribution in [2.24, 2.45) is 5.92 Å². The van der Waals surface area contributed by atoms with Crippen molar-refractivity contribution in [1.29, 1.82) is 0 Å². The smallest absolute Gasteiger partial charge is 0.411 e. The van der Waals surface area contributed by atoms with Crippen LogP contribution < -0.4 is 14.8 Å². The van der Waals surface area contributed by atoms with Crippen LogP contribution >= 0.6 is 12.2 Å². The molecule has 10 heteroatoms. The Morgan fingerprint density at radius 3 is 2.51 bits per heavy atom. The van der Waals surface area contributed by atoms with Gasteiger partial charge in [-0.3, -0.25) is 4.90 Å². The number of nitrogens with zero attached hydrogens (tertiary/aromatic N) is 2. The lowest BCUT2D eigenvalue weighted by molar-refractivity contribution is -0.144. The maximum atomic E-state index is 13.4. The Bertz CT molecular complexity index is 1560. The number of rotatable bonds is 8. The summed E-state index contributed by atoms with van der Waals surface area (Å²) in [5.41, 5.74) is 0.707. The van der Waals surface area contributed by atoms with Gasteiger partial charge in [0, 0.05) is 35.4 Å². The molecule has 5 rings (SSSR count). The number of aromatic nitrogens is 1. The summed E-state index contributed by atoms with van der Waals surface area (Å²) in [6, 6.07) is 16.8. The van der Waals surface area contributed by atoms with Gasteiger partial charge in [0.15, 0.2) is 0 Å². The number of hydrogen-bond acceptors (Lipinski definition) is 8. The number of benzene rings is 2. The third-order valence-corrected chi connectivity index (χ3v) is 8.10. The second-order valence-electron chi connectivity index (χ2n) is 11.9. The monoisotopic (exact) mass is 603 g/mol. The van der Waals surface area contributed by atoms with E-state index in [9.17, 15) is 9.59 Å². The molecule has 3 aromatic rings. The molecule has 1 saturated heterocycles. The van der Waals surface area contributed by atoms with Crippen molar-refractivity contribution in [2.75, 3.05) is 20.8 Å². The Morgan fingerprint density at radius 1 is 1.14 bits per heavy atom. The molecule has 2 aliphatic rings. The molecule has 1 N–H and O–H groups in total. The van der Waals surface area contributed by atoms with Gasteiger partial charge in [-0.15, -0.1) is 6.58 Å². The quantitative estimate of drug-likeness (QED) is 0.197. The molecule has 0 spiro atoms. The van der Waals surface area contributed by atoms with Gasteiger partial charge in [0.25, 0.3) is 0 Å². The number of carbonyl (C=O) groups excluding carboxylic acids is 2. The molecule has 4 atom stereocenters. The number of carbonyl (C=O) groups is 2. The second kappa shape index (κ2) is 11.8. The van der Waals surface area contributed by atoms with Crippen LogP contribution in [0.15, 0.2) is 67.3 Å². The van der Waals surface area contributed by atoms with E-state index < -0.39 is 35.3 Å². The maximum absolute atomic E-state index is 13.4. The summed E-state index contributed by atoms with van der Waals surface area (Å²) < 4.78 is 22.9. The zero-order chi connectivity index (χ0) is 30.9. The lowest BCUT2D eigenvalue weighted by atomic mass is 10.1. The van der Waals surface area contributed by atoms with Gasteiger partial charge in [-0.05, 0) is 39.3 Å². The largest absolute Gasteiger partial charge is 0.497 e. The van der Waals surface area contributed by atoms with Gasteiger partial charge in [-0.25, -0.2) is 14.6 Å². The molecule has 2 aromatic carbocycles. The fourth-order valence-electron chi connectivity index (χ4n) is 5.48. The average Bonchev–Trinajstić information content (AvgIpc) is 3.54. The second-order valence-corrected chi connectivity index (χ2v) is 12.3. The highest BCUT2D eigenvalue weighted by Gasteiger charge is 2.61. The van der Waals surface area contributed by atoms with Crippen molar-refractivity contribution in [1.82, 2.24) is 15.2 Å². The number of hydrogen-bond donors (Lipinski definition) is 1. The molecule has 1 amide bonds. The third kappa shape index (κ3) is 6.29. The van der Waals surface area contributed by atoms with Crippen molar-refractivity contribution < 1.29 is 28.5 Å². The Labute approximate surface area is 257 Å². The molecule has 1 saturated carbocycles. The summed E-state index contributed by atoms with van der Waals surface area (Å²) in [6.07, 6.45) is 1.69. The summed E-state index contributed by atoms with van der Waals surface area (Å²) >= 11 is 5.83. The Kier molecular flexibility index (Phi) is 8.34. The van der Waals surface area contributed by atoms with E-state index in [4.69, 9.17) is 36.1 Å². The fraction of sp³-hybridized carbons (Fsp3) is 0.394. The summed E-state index contributed by atoms with van der Waals surface area (Å²) in [4.78, 5) is 32.9. The first-order chi connectivity index (χ1) is 20.5. The lowest BCUT2D eigenvalue weighted by Gasteiger charge is -2.30. The first-order valence-corrected chi connectivity index (χ1v) is 14.6. The predicted octanol–water partition coefficient (Wildman–Crippen LogP) is 5.70. The van der Waals surface area contributed by atoms with Crippen LogP contribution in [-0.2, 0) is 14.3 Å². The number of amides is 1. The molecule has 2 heterocycles. The molecule has 2 fully saturated rings. The van der Waals surface area contributed by atoms with Gasteiger partial charge >= 0.3 is 12.1 Å². The predicted molar refractivity (Wildman–Crippen MR) is 168 cm³/mol. The van der Waals surface area contributed by atoms with E-state index in [1.165, 1.54) is 7.11 Å². The van der Waals surface area contributed by atoms with Gasteiger partial charge < -0.3 is 24.3 Å². The summed E-state index contributed by atoms with van der Waals surface area (Å²) in [5, 5.41) is 4.03. The van der Waals surface area contributed by atoms with E-state index >= 15 is 0 Å². The number of esters is 1. The lowest BCUT2D eigenvalue weighted by Crippen LogP contribution is -2.53. The van der Waals surface area contributed by atoms with Crippen molar-refractivity contribution in [3.63, 3.8) is 0 Å². The first-order valence-electron chi connectivity index (χ1n) is 14.2. The van der Waals surface area contributed by atoms with Gasteiger partial charge in [0.1, 0.15) is 28.7 Å². The molecular formula is C33H37N3O6S. The van der Waals surface area contributed by atoms with Crippen LogP contribution in [0.25, 0.3) is 22.2 Å². The fourth-order valence-corrected chi connectivity index (χ4v) is 5.88. The van der Waals surface area contributed by atoms with Crippen molar-refractivity contribution in [3.05, 3.63) is 67.3 Å². The number of methoxy groups -OCH3 is 2. The molecule has 1 aliphatic carbocycles. The average molecular weight is 604 g/mol. The number of fused-ring (bicyclic) bond motifs is 1. The minimum Gasteiger partial charge on any atom is -0.497 e. The number of nitrogens with one attached hydrogen (secondary N) is 1. The number of likely N-dealkylation sites (tertiary alicyclic amines) is 1. The minimum absolute atomic E-state index is 0.127. The maximum Gasteiger partial charge on any atom is 0.411 e. The van der Waals surface area contributed by atoms with Crippen molar-refractivity contribution in [3.8, 4) is 22.8 Å². The first kappa shape index (κ1) is 30.3. The molecular weight excluding hydrogens is 566 g/mol. The topological polar surface area (TPSA) is 99.2 Å². The van der Waals surface area contributed by atoms with E-state index in [-0.39, 0.29) is 12.5 Å². The highest BCUT2D eigenvalue weighted by Crippen LogP contribution is 2.46. The minimum atomic E-state index is -0.989. The van der Waals surface area contributed by atoms with Crippen molar-refractivity contribution >= 4 is 40.2 Å². The van der Waals surface area contributed by atoms with Gasteiger partial charge in [0.2, 0.25) is 0 Å². The Morgan fingerprint density at radius 2 is 1.88 bits per heavy atom. The van der Waals surface area contributed by atoms with Crippen LogP contribution in [0.1, 0.15) is 33.6 Å². The highest BCUT2D eigenvalue weighted by atomic mass is 32.1. The third-order valence-electron chi connectivity index (χ3n) is 7.73. The van der Waals surface area contributed by atoms with Crippen LogP contribution in [0.5, 0.6) is 11.5 Å². The van der Waals surface area contributed by atoms with Crippen LogP contribution in [0, 0.1) is 5.92 Å². The van der Waals surface area contributed by atoms with Gasteiger partial charge in [0.05, 0.1) is 43.0 Å². The number of thiocarbonyl (C=S) groups is 1. The Balaban J connectivity index is 1.46. The SMILES string of the molecule is C=CC1C[C@]1(NC(=S)[C@@H]1C[C@@H](Oc2cc(-c3ccccc3)nc3cc(OC)ccc23)CN1C(=O)OC(C)(C)C)C(=O)OC. The highest BCUT2D eigenvalue weighted by molar-refractivity contribution is 7.80. The summed E-state index contributed by atoms with van der Waals surface area (Å²) in [5.74, 6) is 0.765. The van der Waals surface area contributed by atoms with E-state index in [0.29, 0.717) is 29.3 Å². The van der Waals surface area contributed by atoms with E-state index in [1.807, 2.05) is 75.4 Å². The van der Waals surface area contributed by atoms with Crippen molar-refractivity contribution in [2.45, 2.75) is 56.9 Å². The molecule has 0 bridgehead atoms. The molecule has 1 aromatic heterocycles. The summed E-state index contributed by atoms with van der Waals surface area (Å²) in [7, 11) is 2.96. The number of ether oxygens (including phenoxy) is 4. The van der Waals surface area contributed by atoms with E-state index in [1.54, 1.807) is 18.1 Å². The van der Waals surface area contributed by atoms with Crippen LogP contribution in [0.4, 0.5) is 4.79 Å². The van der Waals surface area contributed by atoms with Crippen LogP contribution in [0.2, 0.25) is 0 Å². The zero-order valence-electron chi connectivity index (χ0n) is 25.1. The Hall–Kier alpha value is -4.18. The normalized spacial score (nSPS) is 22.9. The standard InChI is InChI=1S/C33H37N3O6S/c1-7-21-18-33(21,30(37)40-6)35-29(43)27-16-23(19-36(27)31(38)42-32(2,3)4)41-28-17-25(20-11-9-8-10-12-20)34-26-15-22(39-5)13-14-24(26)28/h7-15,17,21,23,27H,1,16,18-19H2,2-6H3,(H,35,43)/t21?,23-,27+,33-/m1/s1. The van der Waals surface area contributed by atoms with Crippen LogP contribution in [0.3, 0.4) is 0 Å². The molecule has 226 valence electrons. The molecule has 0 radical (unpaired) electrons. The molecule has 43 heavy (non-hydrogen) atoms. The van der Waals surface area contributed by atoms with Crippen LogP contribution in [-0.4, -0.2) is 71.0 Å². The molecule has 9 nitrogen and oxygen atoms in total. The summed E-state index contributed by atoms with van der Waals surface area (Å²) in [6.45, 7) is 9.51. The zero-order valence-corrected chi connectivity index (χ0v) is 25.9. The molecule has 1 aliphatic heterocycles. The van der Waals surface area contributed by atoms with E-state index in [0.717, 1.165) is 22.2 Å².